The van der Waals surface area contributed by atoms with Crippen LogP contribution in [0.4, 0.5) is 0 Å². The Hall–Kier alpha value is -1.75. The summed E-state index contributed by atoms with van der Waals surface area (Å²) >= 11 is 0. The Morgan fingerprint density at radius 3 is 2.88 bits per heavy atom. The van der Waals surface area contributed by atoms with Crippen molar-refractivity contribution in [3.05, 3.63) is 24.3 Å². The molecule has 0 bridgehead atoms. The van der Waals surface area contributed by atoms with Gasteiger partial charge in [0.2, 0.25) is 0 Å². The van der Waals surface area contributed by atoms with Gasteiger partial charge < -0.3 is 10.2 Å². The van der Waals surface area contributed by atoms with Crippen LogP contribution in [0.3, 0.4) is 0 Å². The van der Waals surface area contributed by atoms with Gasteiger partial charge in [-0.05, 0) is 18.6 Å². The summed E-state index contributed by atoms with van der Waals surface area (Å²) in [6, 6.07) is 5.86. The van der Waals surface area contributed by atoms with Crippen molar-refractivity contribution in [2.45, 2.75) is 25.9 Å². The molecule has 0 saturated heterocycles. The molecule has 0 radical (unpaired) electrons. The minimum Gasteiger partial charge on any atom is -0.508 e. The highest BCUT2D eigenvalue weighted by Crippen LogP contribution is 2.17. The second kappa shape index (κ2) is 5.97. The standard InChI is InChI=1S/C11H14O5/c1-2-8(12)7-11(14)16-15-10-5-3-4-9(13)6-10/h3-6,8,12-13H,2,7H2,1H3. The number of aliphatic hydroxyl groups excluding tert-OH is 1. The Labute approximate surface area is 93.2 Å². The highest BCUT2D eigenvalue weighted by atomic mass is 17.2. The van der Waals surface area contributed by atoms with Crippen LogP contribution in [-0.2, 0) is 9.68 Å². The second-order valence-electron chi connectivity index (χ2n) is 3.30. The summed E-state index contributed by atoms with van der Waals surface area (Å²) in [7, 11) is 0. The third-order valence-electron chi connectivity index (χ3n) is 1.92. The van der Waals surface area contributed by atoms with Crippen molar-refractivity contribution < 1.29 is 24.8 Å². The van der Waals surface area contributed by atoms with E-state index in [0.717, 1.165) is 0 Å². The van der Waals surface area contributed by atoms with E-state index in [1.165, 1.54) is 18.2 Å². The van der Waals surface area contributed by atoms with Crippen molar-refractivity contribution >= 4 is 5.97 Å². The van der Waals surface area contributed by atoms with Gasteiger partial charge in [-0.1, -0.05) is 13.0 Å². The normalized spacial score (nSPS) is 11.9. The lowest BCUT2D eigenvalue weighted by Gasteiger charge is -2.07. The maximum absolute atomic E-state index is 11.1. The summed E-state index contributed by atoms with van der Waals surface area (Å²) in [6.45, 7) is 1.76. The molecular formula is C11H14O5. The summed E-state index contributed by atoms with van der Waals surface area (Å²) < 4.78 is 0. The Morgan fingerprint density at radius 1 is 1.50 bits per heavy atom. The number of benzene rings is 1. The number of phenols is 1. The Balaban J connectivity index is 2.37. The maximum Gasteiger partial charge on any atom is 0.358 e. The van der Waals surface area contributed by atoms with Crippen molar-refractivity contribution in [2.75, 3.05) is 0 Å². The molecular weight excluding hydrogens is 212 g/mol. The van der Waals surface area contributed by atoms with Crippen LogP contribution in [0.1, 0.15) is 19.8 Å². The first-order chi connectivity index (χ1) is 7.61. The predicted octanol–water partition coefficient (Wildman–Crippen LogP) is 1.39. The molecule has 0 aromatic heterocycles. The van der Waals surface area contributed by atoms with Gasteiger partial charge >= 0.3 is 5.97 Å². The average molecular weight is 226 g/mol. The molecule has 2 N–H and O–H groups in total. The monoisotopic (exact) mass is 226 g/mol. The Morgan fingerprint density at radius 2 is 2.25 bits per heavy atom. The smallest absolute Gasteiger partial charge is 0.358 e. The van der Waals surface area contributed by atoms with Crippen LogP contribution >= 0.6 is 0 Å². The number of carbonyl (C=O) groups is 1. The van der Waals surface area contributed by atoms with Crippen LogP contribution in [0.15, 0.2) is 24.3 Å². The second-order valence-corrected chi connectivity index (χ2v) is 3.30. The number of aliphatic hydroxyl groups is 1. The topological polar surface area (TPSA) is 76.0 Å². The summed E-state index contributed by atoms with van der Waals surface area (Å²) in [5.74, 6) is -0.417. The van der Waals surface area contributed by atoms with Crippen LogP contribution in [0.25, 0.3) is 0 Å². The van der Waals surface area contributed by atoms with E-state index in [0.29, 0.717) is 6.42 Å². The first-order valence-corrected chi connectivity index (χ1v) is 4.96. The molecule has 0 aliphatic carbocycles. The molecule has 0 saturated carbocycles. The molecule has 0 aliphatic rings. The fourth-order valence-electron chi connectivity index (χ4n) is 1.00. The van der Waals surface area contributed by atoms with Gasteiger partial charge in [0, 0.05) is 6.07 Å². The van der Waals surface area contributed by atoms with Crippen molar-refractivity contribution in [3.8, 4) is 11.5 Å². The molecule has 1 atom stereocenters. The highest BCUT2D eigenvalue weighted by Gasteiger charge is 2.11. The van der Waals surface area contributed by atoms with Crippen molar-refractivity contribution in [3.63, 3.8) is 0 Å². The van der Waals surface area contributed by atoms with Gasteiger partial charge in [0.1, 0.15) is 5.75 Å². The predicted molar refractivity (Wildman–Crippen MR) is 55.7 cm³/mol. The van der Waals surface area contributed by atoms with E-state index < -0.39 is 12.1 Å². The van der Waals surface area contributed by atoms with Crippen molar-refractivity contribution in [1.29, 1.82) is 0 Å². The fourth-order valence-corrected chi connectivity index (χ4v) is 1.00. The van der Waals surface area contributed by atoms with Gasteiger partial charge in [-0.3, -0.25) is 9.78 Å². The highest BCUT2D eigenvalue weighted by molar-refractivity contribution is 5.69. The number of hydrogen-bond donors (Lipinski definition) is 2. The van der Waals surface area contributed by atoms with E-state index in [1.54, 1.807) is 13.0 Å². The largest absolute Gasteiger partial charge is 0.508 e. The first-order valence-electron chi connectivity index (χ1n) is 4.96. The Bertz CT molecular complexity index is 350. The van der Waals surface area contributed by atoms with Crippen LogP contribution < -0.4 is 4.89 Å². The number of carbonyl (C=O) groups excluding carboxylic acids is 1. The van der Waals surface area contributed by atoms with Gasteiger partial charge in [-0.15, -0.1) is 0 Å². The molecule has 1 aromatic carbocycles. The fraction of sp³-hybridized carbons (Fsp3) is 0.364. The molecule has 1 aromatic rings. The molecule has 0 heterocycles. The lowest BCUT2D eigenvalue weighted by atomic mass is 10.2. The quantitative estimate of drug-likeness (QED) is 0.586. The van der Waals surface area contributed by atoms with E-state index in [9.17, 15) is 9.90 Å². The molecule has 16 heavy (non-hydrogen) atoms. The lowest BCUT2D eigenvalue weighted by molar-refractivity contribution is -0.215. The molecule has 1 unspecified atom stereocenters. The Kier molecular flexibility index (Phi) is 4.60. The molecule has 0 fully saturated rings. The first kappa shape index (κ1) is 12.3. The zero-order valence-corrected chi connectivity index (χ0v) is 8.92. The van der Waals surface area contributed by atoms with Crippen molar-refractivity contribution in [2.24, 2.45) is 0 Å². The summed E-state index contributed by atoms with van der Waals surface area (Å²) in [5.41, 5.74) is 0. The summed E-state index contributed by atoms with van der Waals surface area (Å²) in [4.78, 5) is 20.2. The minimum atomic E-state index is -0.722. The summed E-state index contributed by atoms with van der Waals surface area (Å²) in [6.07, 6.45) is -0.364. The molecule has 5 nitrogen and oxygen atoms in total. The van der Waals surface area contributed by atoms with Crippen LogP contribution in [-0.4, -0.2) is 22.3 Å². The average Bonchev–Trinajstić information content (AvgIpc) is 2.26. The lowest BCUT2D eigenvalue weighted by Crippen LogP contribution is -2.16. The van der Waals surface area contributed by atoms with Gasteiger partial charge in [-0.25, -0.2) is 4.79 Å². The van der Waals surface area contributed by atoms with Gasteiger partial charge in [0.25, 0.3) is 0 Å². The number of hydrogen-bond acceptors (Lipinski definition) is 5. The molecule has 0 spiro atoms. The van der Waals surface area contributed by atoms with Crippen LogP contribution in [0.2, 0.25) is 0 Å². The maximum atomic E-state index is 11.1. The molecule has 0 amide bonds. The van der Waals surface area contributed by atoms with E-state index >= 15 is 0 Å². The van der Waals surface area contributed by atoms with Crippen LogP contribution in [0.5, 0.6) is 11.5 Å². The number of phenolic OH excluding ortho intramolecular Hbond substituents is 1. The third-order valence-corrected chi connectivity index (χ3v) is 1.92. The van der Waals surface area contributed by atoms with Crippen molar-refractivity contribution in [1.82, 2.24) is 0 Å². The third kappa shape index (κ3) is 4.18. The number of rotatable bonds is 5. The zero-order valence-electron chi connectivity index (χ0n) is 8.92. The molecule has 5 heteroatoms. The molecule has 0 aliphatic heterocycles. The van der Waals surface area contributed by atoms with Crippen LogP contribution in [0, 0.1) is 0 Å². The van der Waals surface area contributed by atoms with Gasteiger partial charge in [0.05, 0.1) is 12.5 Å². The van der Waals surface area contributed by atoms with E-state index in [2.05, 4.69) is 9.78 Å². The zero-order chi connectivity index (χ0) is 12.0. The van der Waals surface area contributed by atoms with E-state index in [4.69, 9.17) is 5.11 Å². The van der Waals surface area contributed by atoms with E-state index in [1.807, 2.05) is 0 Å². The van der Waals surface area contributed by atoms with Gasteiger partial charge in [0.15, 0.2) is 5.75 Å². The summed E-state index contributed by atoms with van der Waals surface area (Å²) in [5, 5.41) is 18.3. The molecule has 88 valence electrons. The van der Waals surface area contributed by atoms with Gasteiger partial charge in [-0.2, -0.15) is 0 Å². The minimum absolute atomic E-state index is 0.0159. The number of aromatic hydroxyl groups is 1. The SMILES string of the molecule is CCC(O)CC(=O)OOc1cccc(O)c1. The molecule has 1 rings (SSSR count). The van der Waals surface area contributed by atoms with E-state index in [-0.39, 0.29) is 17.9 Å².